The summed E-state index contributed by atoms with van der Waals surface area (Å²) in [4.78, 5) is 9.39. The molecule has 2 rings (SSSR count). The molecule has 0 saturated carbocycles. The fourth-order valence-electron chi connectivity index (χ4n) is 1.05. The number of thiazole rings is 1. The lowest BCUT2D eigenvalue weighted by Gasteiger charge is -1.92. The fourth-order valence-corrected chi connectivity index (χ4v) is 1.86. The number of aliphatic hydroxyl groups is 1. The molecule has 12 heavy (non-hydrogen) atoms. The van der Waals surface area contributed by atoms with Crippen molar-refractivity contribution in [3.05, 3.63) is 22.8 Å². The van der Waals surface area contributed by atoms with E-state index in [4.69, 9.17) is 5.11 Å². The van der Waals surface area contributed by atoms with E-state index in [2.05, 4.69) is 9.97 Å². The number of aliphatic hydroxyl groups excluding tert-OH is 1. The van der Waals surface area contributed by atoms with Crippen LogP contribution < -0.4 is 0 Å². The van der Waals surface area contributed by atoms with Crippen LogP contribution in [0.4, 0.5) is 0 Å². The zero-order valence-corrected chi connectivity index (χ0v) is 7.43. The van der Waals surface area contributed by atoms with Crippen molar-refractivity contribution in [2.45, 2.75) is 13.5 Å². The summed E-state index contributed by atoms with van der Waals surface area (Å²) < 4.78 is 0. The first-order chi connectivity index (χ1) is 5.79. The van der Waals surface area contributed by atoms with E-state index in [9.17, 15) is 0 Å². The minimum absolute atomic E-state index is 0.00706. The maximum absolute atomic E-state index is 8.83. The molecular weight excluding hydrogens is 172 g/mol. The van der Waals surface area contributed by atoms with Crippen LogP contribution in [0.5, 0.6) is 0 Å². The van der Waals surface area contributed by atoms with Gasteiger partial charge in [-0.25, -0.2) is 9.97 Å². The van der Waals surface area contributed by atoms with Crippen molar-refractivity contribution < 1.29 is 5.11 Å². The van der Waals surface area contributed by atoms with E-state index >= 15 is 0 Å². The lowest BCUT2D eigenvalue weighted by Crippen LogP contribution is -1.86. The summed E-state index contributed by atoms with van der Waals surface area (Å²) in [6, 6.07) is 3.68. The summed E-state index contributed by atoms with van der Waals surface area (Å²) in [5.74, 6) is 0. The molecule has 0 radical (unpaired) electrons. The summed E-state index contributed by atoms with van der Waals surface area (Å²) in [5.41, 5.74) is 1.61. The molecule has 0 unspecified atom stereocenters. The molecule has 0 bridgehead atoms. The standard InChI is InChI=1S/C8H8N2OS/c1-5-9-7-3-2-6(4-11)10-8(7)12-5/h2-3,11H,4H2,1H3. The lowest BCUT2D eigenvalue weighted by molar-refractivity contribution is 0.277. The number of rotatable bonds is 1. The molecular formula is C8H8N2OS. The fraction of sp³-hybridized carbons (Fsp3) is 0.250. The summed E-state index contributed by atoms with van der Waals surface area (Å²) in [6.45, 7) is 1.94. The molecule has 0 amide bonds. The molecule has 1 N–H and O–H groups in total. The number of aryl methyl sites for hydroxylation is 1. The monoisotopic (exact) mass is 180 g/mol. The van der Waals surface area contributed by atoms with E-state index < -0.39 is 0 Å². The van der Waals surface area contributed by atoms with Gasteiger partial charge in [0.2, 0.25) is 0 Å². The molecule has 0 aromatic carbocycles. The molecule has 2 heterocycles. The van der Waals surface area contributed by atoms with E-state index in [1.807, 2.05) is 13.0 Å². The Morgan fingerprint density at radius 3 is 3.00 bits per heavy atom. The maximum Gasteiger partial charge on any atom is 0.143 e. The molecule has 4 heteroatoms. The Morgan fingerprint density at radius 2 is 2.25 bits per heavy atom. The normalized spacial score (nSPS) is 10.8. The van der Waals surface area contributed by atoms with Crippen molar-refractivity contribution in [3.63, 3.8) is 0 Å². The van der Waals surface area contributed by atoms with Crippen LogP contribution in [-0.4, -0.2) is 15.1 Å². The first-order valence-corrected chi connectivity index (χ1v) is 4.45. The highest BCUT2D eigenvalue weighted by Crippen LogP contribution is 2.19. The second-order valence-corrected chi connectivity index (χ2v) is 3.70. The maximum atomic E-state index is 8.83. The average Bonchev–Trinajstić information content (AvgIpc) is 2.43. The van der Waals surface area contributed by atoms with Crippen molar-refractivity contribution in [1.82, 2.24) is 9.97 Å². The third-order valence-electron chi connectivity index (χ3n) is 1.58. The molecule has 0 aliphatic carbocycles. The van der Waals surface area contributed by atoms with Gasteiger partial charge in [-0.15, -0.1) is 0 Å². The molecule has 2 aromatic heterocycles. The number of pyridine rings is 1. The van der Waals surface area contributed by atoms with Gasteiger partial charge in [0.1, 0.15) is 10.3 Å². The van der Waals surface area contributed by atoms with E-state index in [-0.39, 0.29) is 6.61 Å². The Kier molecular flexibility index (Phi) is 1.78. The van der Waals surface area contributed by atoms with Crippen molar-refractivity contribution in [1.29, 1.82) is 0 Å². The number of fused-ring (bicyclic) bond motifs is 1. The van der Waals surface area contributed by atoms with Gasteiger partial charge in [0.05, 0.1) is 17.3 Å². The largest absolute Gasteiger partial charge is 0.390 e. The van der Waals surface area contributed by atoms with E-state index in [0.29, 0.717) is 5.69 Å². The molecule has 2 aromatic rings. The number of hydrogen-bond acceptors (Lipinski definition) is 4. The van der Waals surface area contributed by atoms with Crippen LogP contribution >= 0.6 is 11.3 Å². The van der Waals surface area contributed by atoms with Crippen LogP contribution in [0, 0.1) is 6.92 Å². The van der Waals surface area contributed by atoms with Gasteiger partial charge in [-0.05, 0) is 19.1 Å². The average molecular weight is 180 g/mol. The summed E-state index contributed by atoms with van der Waals surface area (Å²) >= 11 is 1.55. The van der Waals surface area contributed by atoms with Crippen molar-refractivity contribution in [2.75, 3.05) is 0 Å². The van der Waals surface area contributed by atoms with Crippen LogP contribution in [0.1, 0.15) is 10.7 Å². The molecule has 3 nitrogen and oxygen atoms in total. The second kappa shape index (κ2) is 2.80. The third-order valence-corrected chi connectivity index (χ3v) is 2.46. The summed E-state index contributed by atoms with van der Waals surface area (Å²) in [7, 11) is 0. The third kappa shape index (κ3) is 1.19. The van der Waals surface area contributed by atoms with Gasteiger partial charge < -0.3 is 5.11 Å². The van der Waals surface area contributed by atoms with E-state index in [1.165, 1.54) is 0 Å². The highest BCUT2D eigenvalue weighted by atomic mass is 32.1. The zero-order chi connectivity index (χ0) is 8.55. The first-order valence-electron chi connectivity index (χ1n) is 3.63. The minimum atomic E-state index is -0.00706. The van der Waals surface area contributed by atoms with Gasteiger partial charge in [0.15, 0.2) is 0 Å². The summed E-state index contributed by atoms with van der Waals surface area (Å²) in [6.07, 6.45) is 0. The molecule has 0 saturated heterocycles. The minimum Gasteiger partial charge on any atom is -0.390 e. The Morgan fingerprint density at radius 1 is 1.42 bits per heavy atom. The lowest BCUT2D eigenvalue weighted by atomic mass is 10.3. The summed E-state index contributed by atoms with van der Waals surface area (Å²) in [5, 5.41) is 9.83. The topological polar surface area (TPSA) is 46.0 Å². The molecule has 0 aliphatic heterocycles. The van der Waals surface area contributed by atoms with Crippen LogP contribution in [-0.2, 0) is 6.61 Å². The Hall–Kier alpha value is -1.00. The van der Waals surface area contributed by atoms with Crippen LogP contribution in [0.2, 0.25) is 0 Å². The SMILES string of the molecule is Cc1nc2ccc(CO)nc2s1. The Bertz CT molecular complexity index is 410. The predicted molar refractivity (Wildman–Crippen MR) is 48.1 cm³/mol. The zero-order valence-electron chi connectivity index (χ0n) is 6.61. The van der Waals surface area contributed by atoms with Crippen molar-refractivity contribution in [3.8, 4) is 0 Å². The molecule has 0 aliphatic rings. The number of nitrogens with zero attached hydrogens (tertiary/aromatic N) is 2. The van der Waals surface area contributed by atoms with E-state index in [0.717, 1.165) is 15.4 Å². The highest BCUT2D eigenvalue weighted by molar-refractivity contribution is 7.18. The number of hydrogen-bond donors (Lipinski definition) is 1. The predicted octanol–water partition coefficient (Wildman–Crippen LogP) is 1.49. The number of aromatic nitrogens is 2. The Labute approximate surface area is 73.7 Å². The van der Waals surface area contributed by atoms with Gasteiger partial charge >= 0.3 is 0 Å². The van der Waals surface area contributed by atoms with Crippen molar-refractivity contribution in [2.24, 2.45) is 0 Å². The second-order valence-electron chi connectivity index (χ2n) is 2.52. The Balaban J connectivity index is 2.66. The van der Waals surface area contributed by atoms with Crippen LogP contribution in [0.15, 0.2) is 12.1 Å². The van der Waals surface area contributed by atoms with Crippen LogP contribution in [0.3, 0.4) is 0 Å². The van der Waals surface area contributed by atoms with E-state index in [1.54, 1.807) is 17.4 Å². The smallest absolute Gasteiger partial charge is 0.143 e. The molecule has 62 valence electrons. The first kappa shape index (κ1) is 7.64. The quantitative estimate of drug-likeness (QED) is 0.723. The van der Waals surface area contributed by atoms with Gasteiger partial charge in [0.25, 0.3) is 0 Å². The molecule has 0 atom stereocenters. The van der Waals surface area contributed by atoms with Gasteiger partial charge in [-0.1, -0.05) is 11.3 Å². The van der Waals surface area contributed by atoms with Gasteiger partial charge in [0, 0.05) is 0 Å². The molecule has 0 fully saturated rings. The highest BCUT2D eigenvalue weighted by Gasteiger charge is 2.01. The molecule has 0 spiro atoms. The van der Waals surface area contributed by atoms with Crippen molar-refractivity contribution >= 4 is 21.7 Å². The van der Waals surface area contributed by atoms with Gasteiger partial charge in [-0.3, -0.25) is 0 Å². The van der Waals surface area contributed by atoms with Crippen LogP contribution in [0.25, 0.3) is 10.3 Å². The van der Waals surface area contributed by atoms with Gasteiger partial charge in [-0.2, -0.15) is 0 Å².